The van der Waals surface area contributed by atoms with Crippen molar-refractivity contribution in [3.8, 4) is 0 Å². The Labute approximate surface area is 75.4 Å². The molecule has 0 aliphatic carbocycles. The van der Waals surface area contributed by atoms with Crippen LogP contribution in [-0.4, -0.2) is 34.2 Å². The summed E-state index contributed by atoms with van der Waals surface area (Å²) >= 11 is 3.07. The van der Waals surface area contributed by atoms with E-state index >= 15 is 0 Å². The van der Waals surface area contributed by atoms with Crippen molar-refractivity contribution in [2.45, 2.75) is 0 Å². The summed E-state index contributed by atoms with van der Waals surface area (Å²) in [5.74, 6) is 0. The van der Waals surface area contributed by atoms with Crippen LogP contribution in [-0.2, 0) is 0 Å². The molecule has 0 spiro atoms. The monoisotopic (exact) mass is 214 g/mol. The maximum absolute atomic E-state index is 3.07. The SMILES string of the molecule is C[NH+](C)C(=[Se])c1ccccc1. The summed E-state index contributed by atoms with van der Waals surface area (Å²) in [7, 11) is 4.22. The van der Waals surface area contributed by atoms with Crippen LogP contribution in [0.25, 0.3) is 0 Å². The van der Waals surface area contributed by atoms with Crippen LogP contribution in [0.3, 0.4) is 0 Å². The molecule has 0 amide bonds. The Morgan fingerprint density at radius 3 is 2.18 bits per heavy atom. The van der Waals surface area contributed by atoms with E-state index in [1.54, 1.807) is 0 Å². The first-order valence-corrected chi connectivity index (χ1v) is 4.47. The third-order valence-electron chi connectivity index (χ3n) is 1.49. The summed E-state index contributed by atoms with van der Waals surface area (Å²) in [4.78, 5) is 1.33. The molecular weight excluding hydrogens is 201 g/mol. The Hall–Kier alpha value is -0.431. The van der Waals surface area contributed by atoms with Crippen molar-refractivity contribution in [3.63, 3.8) is 0 Å². The standard InChI is InChI=1S/C9H11NSe/c1-10(2)9(11)8-6-4-3-5-7-8/h3-7H,1-2H3/p+1. The van der Waals surface area contributed by atoms with Crippen molar-refractivity contribution in [2.75, 3.05) is 14.1 Å². The average molecular weight is 213 g/mol. The van der Waals surface area contributed by atoms with E-state index in [2.05, 4.69) is 53.9 Å². The molecular formula is C9H12NSe+. The second-order valence-corrected chi connectivity index (χ2v) is 3.55. The van der Waals surface area contributed by atoms with Gasteiger partial charge in [-0.05, 0) is 0 Å². The van der Waals surface area contributed by atoms with Gasteiger partial charge in [-0.3, -0.25) is 0 Å². The first-order valence-electron chi connectivity index (χ1n) is 3.61. The van der Waals surface area contributed by atoms with Gasteiger partial charge in [0.1, 0.15) is 0 Å². The number of nitrogens with one attached hydrogen (secondary N) is 1. The zero-order valence-electron chi connectivity index (χ0n) is 6.79. The predicted molar refractivity (Wildman–Crippen MR) is 49.1 cm³/mol. The minimum absolute atomic E-state index is 1.26. The fraction of sp³-hybridized carbons (Fsp3) is 0.222. The van der Waals surface area contributed by atoms with Gasteiger partial charge >= 0.3 is 75.0 Å². The number of hydrogen-bond acceptors (Lipinski definition) is 0. The topological polar surface area (TPSA) is 4.44 Å². The Balaban J connectivity index is 2.86. The normalized spacial score (nSPS) is 10.1. The quantitative estimate of drug-likeness (QED) is 0.630. The van der Waals surface area contributed by atoms with E-state index in [9.17, 15) is 0 Å². The van der Waals surface area contributed by atoms with Crippen LogP contribution in [0.1, 0.15) is 5.56 Å². The van der Waals surface area contributed by atoms with E-state index in [1.165, 1.54) is 15.0 Å². The van der Waals surface area contributed by atoms with Gasteiger partial charge < -0.3 is 0 Å². The van der Waals surface area contributed by atoms with Crippen molar-refractivity contribution in [2.24, 2.45) is 0 Å². The molecule has 0 aliphatic heterocycles. The summed E-state index contributed by atoms with van der Waals surface area (Å²) in [6.45, 7) is 0. The van der Waals surface area contributed by atoms with E-state index in [0.29, 0.717) is 0 Å². The molecule has 0 aromatic heterocycles. The molecule has 1 aromatic carbocycles. The Bertz CT molecular complexity index is 241. The summed E-state index contributed by atoms with van der Waals surface area (Å²) in [5, 5.41) is 0. The van der Waals surface area contributed by atoms with Gasteiger partial charge in [-0.2, -0.15) is 0 Å². The van der Waals surface area contributed by atoms with Gasteiger partial charge in [0.15, 0.2) is 0 Å². The Morgan fingerprint density at radius 2 is 1.73 bits per heavy atom. The van der Waals surface area contributed by atoms with Crippen molar-refractivity contribution < 1.29 is 4.90 Å². The van der Waals surface area contributed by atoms with E-state index in [4.69, 9.17) is 0 Å². The van der Waals surface area contributed by atoms with Crippen molar-refractivity contribution in [1.29, 1.82) is 0 Å². The fourth-order valence-electron chi connectivity index (χ4n) is 0.878. The van der Waals surface area contributed by atoms with Crippen LogP contribution >= 0.6 is 0 Å². The molecule has 11 heavy (non-hydrogen) atoms. The first-order chi connectivity index (χ1) is 5.22. The average Bonchev–Trinajstić information content (AvgIpc) is 2.05. The van der Waals surface area contributed by atoms with Gasteiger partial charge in [0.25, 0.3) is 0 Å². The molecule has 58 valence electrons. The maximum atomic E-state index is 3.07. The van der Waals surface area contributed by atoms with Crippen molar-refractivity contribution in [1.82, 2.24) is 0 Å². The number of hydrogen-bond donors (Lipinski definition) is 1. The second-order valence-electron chi connectivity index (χ2n) is 2.70. The first kappa shape index (κ1) is 8.66. The van der Waals surface area contributed by atoms with E-state index in [1.807, 2.05) is 6.07 Å². The van der Waals surface area contributed by atoms with Crippen LogP contribution in [0.4, 0.5) is 0 Å². The zero-order valence-corrected chi connectivity index (χ0v) is 8.51. The van der Waals surface area contributed by atoms with Gasteiger partial charge in [0.2, 0.25) is 0 Å². The molecule has 2 heteroatoms. The van der Waals surface area contributed by atoms with Gasteiger partial charge in [-0.25, -0.2) is 0 Å². The van der Waals surface area contributed by atoms with Gasteiger partial charge in [-0.15, -0.1) is 0 Å². The third-order valence-corrected chi connectivity index (χ3v) is 2.84. The van der Waals surface area contributed by atoms with Gasteiger partial charge in [-0.1, -0.05) is 0 Å². The summed E-state index contributed by atoms with van der Waals surface area (Å²) in [6.07, 6.45) is 0. The molecule has 1 aromatic rings. The molecule has 1 rings (SSSR count). The molecule has 1 nitrogen and oxygen atoms in total. The molecule has 0 bridgehead atoms. The van der Waals surface area contributed by atoms with Crippen LogP contribution < -0.4 is 4.90 Å². The fourth-order valence-corrected chi connectivity index (χ4v) is 1.16. The second kappa shape index (κ2) is 3.82. The summed E-state index contributed by atoms with van der Waals surface area (Å²) in [6, 6.07) is 10.4. The number of benzene rings is 1. The van der Waals surface area contributed by atoms with E-state index in [0.717, 1.165) is 0 Å². The van der Waals surface area contributed by atoms with Crippen molar-refractivity contribution in [3.05, 3.63) is 35.9 Å². The van der Waals surface area contributed by atoms with E-state index in [-0.39, 0.29) is 0 Å². The molecule has 0 atom stereocenters. The van der Waals surface area contributed by atoms with Crippen molar-refractivity contribution >= 4 is 20.1 Å². The van der Waals surface area contributed by atoms with Crippen LogP contribution in [0.2, 0.25) is 0 Å². The zero-order chi connectivity index (χ0) is 8.27. The number of rotatable bonds is 2. The molecule has 0 unspecified atom stereocenters. The number of quaternary nitrogens is 1. The minimum atomic E-state index is 1.26. The third kappa shape index (κ3) is 2.26. The Kier molecular flexibility index (Phi) is 3.01. The van der Waals surface area contributed by atoms with Gasteiger partial charge in [0, 0.05) is 0 Å². The van der Waals surface area contributed by atoms with Crippen LogP contribution in [0.15, 0.2) is 30.3 Å². The van der Waals surface area contributed by atoms with Crippen LogP contribution in [0.5, 0.6) is 0 Å². The summed E-state index contributed by atoms with van der Waals surface area (Å²) < 4.78 is 1.26. The van der Waals surface area contributed by atoms with E-state index < -0.39 is 0 Å². The summed E-state index contributed by atoms with van der Waals surface area (Å²) in [5.41, 5.74) is 1.27. The molecule has 0 fully saturated rings. The molecule has 0 saturated heterocycles. The van der Waals surface area contributed by atoms with Gasteiger partial charge in [0.05, 0.1) is 0 Å². The molecule has 0 aliphatic rings. The predicted octanol–water partition coefficient (Wildman–Crippen LogP) is -0.522. The molecule has 0 saturated carbocycles. The molecule has 1 N–H and O–H groups in total. The molecule has 0 heterocycles. The molecule has 0 radical (unpaired) electrons. The van der Waals surface area contributed by atoms with Crippen LogP contribution in [0, 0.1) is 0 Å². The Morgan fingerprint density at radius 1 is 1.18 bits per heavy atom.